The van der Waals surface area contributed by atoms with Gasteiger partial charge in [-0.2, -0.15) is 4.99 Å². The van der Waals surface area contributed by atoms with Crippen LogP contribution in [0.4, 0.5) is 0 Å². The van der Waals surface area contributed by atoms with Gasteiger partial charge in [-0.15, -0.1) is 0 Å². The highest BCUT2D eigenvalue weighted by Crippen LogP contribution is 2.24. The maximum atomic E-state index is 11.2. The van der Waals surface area contributed by atoms with Crippen LogP contribution in [0.2, 0.25) is 0 Å². The van der Waals surface area contributed by atoms with Crippen LogP contribution in [0.25, 0.3) is 0 Å². The van der Waals surface area contributed by atoms with Gasteiger partial charge in [0, 0.05) is 5.92 Å². The molecule has 0 aromatic carbocycles. The normalized spacial score (nSPS) is 26.0. The Morgan fingerprint density at radius 2 is 2.23 bits per heavy atom. The van der Waals surface area contributed by atoms with Crippen LogP contribution in [0.5, 0.6) is 0 Å². The highest BCUT2D eigenvalue weighted by Gasteiger charge is 2.26. The summed E-state index contributed by atoms with van der Waals surface area (Å²) in [5.74, 6) is 0.110. The van der Waals surface area contributed by atoms with Crippen molar-refractivity contribution in [1.82, 2.24) is 0 Å². The van der Waals surface area contributed by atoms with Crippen molar-refractivity contribution in [1.29, 1.82) is 0 Å². The van der Waals surface area contributed by atoms with E-state index in [-0.39, 0.29) is 17.4 Å². The van der Waals surface area contributed by atoms with E-state index in [0.717, 1.165) is 6.42 Å². The third-order valence-electron chi connectivity index (χ3n) is 2.12. The lowest BCUT2D eigenvalue weighted by molar-refractivity contribution is 0.524. The van der Waals surface area contributed by atoms with Crippen LogP contribution in [0.15, 0.2) is 17.3 Å². The van der Waals surface area contributed by atoms with Crippen molar-refractivity contribution in [2.75, 3.05) is 11.5 Å². The second-order valence-electron chi connectivity index (χ2n) is 3.15. The number of isocyanates is 1. The van der Waals surface area contributed by atoms with E-state index in [1.807, 2.05) is 0 Å². The summed E-state index contributed by atoms with van der Waals surface area (Å²) in [6, 6.07) is 0. The number of nitrogens with zero attached hydrogens (tertiary/aromatic N) is 1. The first-order valence-corrected chi connectivity index (χ1v) is 5.84. The molecule has 1 unspecified atom stereocenters. The fourth-order valence-corrected chi connectivity index (χ4v) is 3.18. The molecular formula is C8H11NO3S. The van der Waals surface area contributed by atoms with Gasteiger partial charge < -0.3 is 0 Å². The predicted octanol–water partition coefficient (Wildman–Crippen LogP) is 0.661. The number of hydrogen-bond acceptors (Lipinski definition) is 4. The Bertz CT molecular complexity index is 352. The first-order chi connectivity index (χ1) is 6.05. The van der Waals surface area contributed by atoms with Gasteiger partial charge in [-0.25, -0.2) is 13.2 Å². The number of allylic oxidation sites excluding steroid dienone is 1. The molecule has 1 saturated heterocycles. The van der Waals surface area contributed by atoms with Crippen LogP contribution < -0.4 is 0 Å². The van der Waals surface area contributed by atoms with Gasteiger partial charge in [-0.1, -0.05) is 6.58 Å². The molecule has 0 bridgehead atoms. The first-order valence-electron chi connectivity index (χ1n) is 4.02. The highest BCUT2D eigenvalue weighted by molar-refractivity contribution is 7.91. The van der Waals surface area contributed by atoms with Crippen LogP contribution >= 0.6 is 0 Å². The van der Waals surface area contributed by atoms with E-state index in [1.54, 1.807) is 0 Å². The van der Waals surface area contributed by atoms with Gasteiger partial charge in [0.15, 0.2) is 9.84 Å². The monoisotopic (exact) mass is 201 g/mol. The Morgan fingerprint density at radius 1 is 1.54 bits per heavy atom. The Kier molecular flexibility index (Phi) is 3.01. The van der Waals surface area contributed by atoms with Gasteiger partial charge in [0.1, 0.15) is 0 Å². The molecule has 1 atom stereocenters. The van der Waals surface area contributed by atoms with E-state index in [0.29, 0.717) is 12.1 Å². The fourth-order valence-electron chi connectivity index (χ4n) is 1.44. The van der Waals surface area contributed by atoms with E-state index in [4.69, 9.17) is 0 Å². The summed E-state index contributed by atoms with van der Waals surface area (Å²) < 4.78 is 22.4. The molecule has 0 aromatic rings. The minimum Gasteiger partial charge on any atom is -0.229 e. The minimum absolute atomic E-state index is 0.0665. The maximum absolute atomic E-state index is 11.2. The summed E-state index contributed by atoms with van der Waals surface area (Å²) >= 11 is 0. The summed E-state index contributed by atoms with van der Waals surface area (Å²) in [6.45, 7) is 3.54. The zero-order valence-corrected chi connectivity index (χ0v) is 8.01. The van der Waals surface area contributed by atoms with Crippen LogP contribution in [0.3, 0.4) is 0 Å². The smallest absolute Gasteiger partial charge is 0.229 e. The molecule has 1 rings (SSSR count). The van der Waals surface area contributed by atoms with Crippen molar-refractivity contribution >= 4 is 15.9 Å². The highest BCUT2D eigenvalue weighted by atomic mass is 32.2. The molecule has 0 saturated carbocycles. The average molecular weight is 201 g/mol. The topological polar surface area (TPSA) is 63.6 Å². The lowest BCUT2D eigenvalue weighted by Gasteiger charge is -2.20. The zero-order chi connectivity index (χ0) is 9.90. The van der Waals surface area contributed by atoms with Crippen molar-refractivity contribution in [3.8, 4) is 0 Å². The molecule has 0 amide bonds. The fraction of sp³-hybridized carbons (Fsp3) is 0.625. The number of rotatable bonds is 2. The number of hydrogen-bond donors (Lipinski definition) is 0. The molecule has 0 N–H and O–H groups in total. The molecule has 1 fully saturated rings. The molecule has 1 aliphatic rings. The van der Waals surface area contributed by atoms with Crippen molar-refractivity contribution in [2.45, 2.75) is 12.8 Å². The lowest BCUT2D eigenvalue weighted by Crippen LogP contribution is -2.25. The van der Waals surface area contributed by atoms with Crippen LogP contribution in [-0.2, 0) is 14.6 Å². The van der Waals surface area contributed by atoms with Crippen molar-refractivity contribution in [2.24, 2.45) is 10.9 Å². The standard InChI is InChI=1S/C8H11NO3S/c1-7(9-6-10)8-3-2-4-13(11,12)5-8/h8H,1-5H2. The predicted molar refractivity (Wildman–Crippen MR) is 48.6 cm³/mol. The summed E-state index contributed by atoms with van der Waals surface area (Å²) in [6.07, 6.45) is 2.74. The zero-order valence-electron chi connectivity index (χ0n) is 7.19. The molecule has 0 aromatic heterocycles. The molecule has 1 aliphatic heterocycles. The number of sulfone groups is 1. The Morgan fingerprint density at radius 3 is 2.77 bits per heavy atom. The van der Waals surface area contributed by atoms with Crippen molar-refractivity contribution in [3.63, 3.8) is 0 Å². The van der Waals surface area contributed by atoms with E-state index in [2.05, 4.69) is 11.6 Å². The third kappa shape index (κ3) is 2.79. The quantitative estimate of drug-likeness (QED) is 0.487. The van der Waals surface area contributed by atoms with E-state index >= 15 is 0 Å². The molecule has 0 radical (unpaired) electrons. The van der Waals surface area contributed by atoms with Gasteiger partial charge in [0.25, 0.3) is 0 Å². The molecule has 5 heteroatoms. The summed E-state index contributed by atoms with van der Waals surface area (Å²) in [7, 11) is -2.95. The SMILES string of the molecule is C=C(N=C=O)C1CCCS(=O)(=O)C1. The maximum Gasteiger partial charge on any atom is 0.240 e. The molecule has 0 spiro atoms. The van der Waals surface area contributed by atoms with Crippen LogP contribution in [0, 0.1) is 5.92 Å². The molecule has 13 heavy (non-hydrogen) atoms. The van der Waals surface area contributed by atoms with Gasteiger partial charge in [-0.05, 0) is 12.8 Å². The average Bonchev–Trinajstić information content (AvgIpc) is 2.03. The Balaban J connectivity index is 2.73. The molecule has 72 valence electrons. The minimum atomic E-state index is -2.95. The molecule has 4 nitrogen and oxygen atoms in total. The molecule has 0 aliphatic carbocycles. The van der Waals surface area contributed by atoms with Crippen molar-refractivity contribution in [3.05, 3.63) is 12.3 Å². The van der Waals surface area contributed by atoms with E-state index < -0.39 is 9.84 Å². The van der Waals surface area contributed by atoms with E-state index in [1.165, 1.54) is 6.08 Å². The summed E-state index contributed by atoms with van der Waals surface area (Å²) in [5.41, 5.74) is 0.332. The van der Waals surface area contributed by atoms with Crippen molar-refractivity contribution < 1.29 is 13.2 Å². The van der Waals surface area contributed by atoms with Crippen LogP contribution in [-0.4, -0.2) is 26.0 Å². The van der Waals surface area contributed by atoms with Gasteiger partial charge >= 0.3 is 0 Å². The second-order valence-corrected chi connectivity index (χ2v) is 5.38. The number of aliphatic imine (C=N–C) groups is 1. The van der Waals surface area contributed by atoms with Gasteiger partial charge in [0.2, 0.25) is 6.08 Å². The lowest BCUT2D eigenvalue weighted by atomic mass is 10.0. The Hall–Kier alpha value is -0.930. The largest absolute Gasteiger partial charge is 0.240 e. The van der Waals surface area contributed by atoms with E-state index in [9.17, 15) is 13.2 Å². The van der Waals surface area contributed by atoms with Crippen LogP contribution in [0.1, 0.15) is 12.8 Å². The molecule has 1 heterocycles. The Labute approximate surface area is 77.3 Å². The third-order valence-corrected chi connectivity index (χ3v) is 3.94. The second kappa shape index (κ2) is 3.85. The number of carbonyl (C=O) groups excluding carboxylic acids is 1. The summed E-state index contributed by atoms with van der Waals surface area (Å²) in [4.78, 5) is 13.3. The first kappa shape index (κ1) is 10.2. The summed E-state index contributed by atoms with van der Waals surface area (Å²) in [5, 5.41) is 0. The van der Waals surface area contributed by atoms with Gasteiger partial charge in [-0.3, -0.25) is 0 Å². The van der Waals surface area contributed by atoms with Gasteiger partial charge in [0.05, 0.1) is 17.2 Å². The molecular weight excluding hydrogens is 190 g/mol.